The number of nitrogens with zero attached hydrogens (tertiary/aromatic N) is 3. The normalized spacial score (nSPS) is 18.2. The van der Waals surface area contributed by atoms with Crippen LogP contribution in [-0.4, -0.2) is 63.9 Å². The number of urea groups is 1. The van der Waals surface area contributed by atoms with Gasteiger partial charge in [-0.3, -0.25) is 14.6 Å². The number of ether oxygens (including phenoxy) is 1. The molecule has 3 aromatic rings. The summed E-state index contributed by atoms with van der Waals surface area (Å²) in [5.74, 6) is 1.13. The molecule has 36 heavy (non-hydrogen) atoms. The van der Waals surface area contributed by atoms with E-state index in [1.807, 2.05) is 35.2 Å². The number of H-pyrrole nitrogens is 1. The summed E-state index contributed by atoms with van der Waals surface area (Å²) in [6.45, 7) is 7.57. The van der Waals surface area contributed by atoms with Crippen LogP contribution in [0.1, 0.15) is 44.4 Å². The van der Waals surface area contributed by atoms with Crippen molar-refractivity contribution in [3.8, 4) is 5.75 Å². The third kappa shape index (κ3) is 4.60. The Morgan fingerprint density at radius 2 is 1.78 bits per heavy atom. The van der Waals surface area contributed by atoms with Crippen LogP contribution >= 0.6 is 0 Å². The van der Waals surface area contributed by atoms with Gasteiger partial charge >= 0.3 is 6.03 Å². The number of piperidine rings is 1. The number of carbonyl (C=O) groups excluding carboxylic acids is 2. The maximum atomic E-state index is 13.9. The van der Waals surface area contributed by atoms with Gasteiger partial charge in [-0.25, -0.2) is 4.79 Å². The molecule has 3 heterocycles. The largest absolute Gasteiger partial charge is 0.497 e. The number of likely N-dealkylation sites (tertiary alicyclic amines) is 1. The lowest BCUT2D eigenvalue weighted by Crippen LogP contribution is -2.56. The maximum Gasteiger partial charge on any atom is 0.327 e. The summed E-state index contributed by atoms with van der Waals surface area (Å²) in [5.41, 5.74) is 2.47. The quantitative estimate of drug-likeness (QED) is 0.452. The summed E-state index contributed by atoms with van der Waals surface area (Å²) in [7, 11) is 1.62. The van der Waals surface area contributed by atoms with Gasteiger partial charge in [0, 0.05) is 37.4 Å². The number of nitrogens with one attached hydrogen (secondary N) is 1. The Morgan fingerprint density at radius 1 is 1.00 bits per heavy atom. The van der Waals surface area contributed by atoms with E-state index in [9.17, 15) is 9.59 Å². The van der Waals surface area contributed by atoms with E-state index in [4.69, 9.17) is 4.74 Å². The van der Waals surface area contributed by atoms with Crippen LogP contribution in [0.15, 0.2) is 54.6 Å². The Labute approximate surface area is 213 Å². The van der Waals surface area contributed by atoms with E-state index < -0.39 is 5.54 Å². The highest BCUT2D eigenvalue weighted by molar-refractivity contribution is 6.07. The molecule has 2 aliphatic heterocycles. The molecule has 190 valence electrons. The Balaban J connectivity index is 1.33. The van der Waals surface area contributed by atoms with Crippen molar-refractivity contribution in [2.45, 2.75) is 51.7 Å². The molecule has 7 heteroatoms. The van der Waals surface area contributed by atoms with Crippen molar-refractivity contribution in [3.05, 3.63) is 65.9 Å². The van der Waals surface area contributed by atoms with E-state index in [1.54, 1.807) is 7.11 Å². The third-order valence-corrected chi connectivity index (χ3v) is 7.69. The van der Waals surface area contributed by atoms with Crippen LogP contribution in [0.2, 0.25) is 0 Å². The van der Waals surface area contributed by atoms with Gasteiger partial charge in [-0.1, -0.05) is 44.2 Å². The van der Waals surface area contributed by atoms with Crippen molar-refractivity contribution >= 4 is 22.8 Å². The lowest BCUT2D eigenvalue weighted by molar-refractivity contribution is -0.136. The van der Waals surface area contributed by atoms with Gasteiger partial charge in [0.2, 0.25) is 0 Å². The van der Waals surface area contributed by atoms with Crippen LogP contribution in [0.3, 0.4) is 0 Å². The molecule has 1 aromatic heterocycles. The fraction of sp³-hybridized carbons (Fsp3) is 0.448. The molecule has 0 aliphatic carbocycles. The molecule has 0 bridgehead atoms. The van der Waals surface area contributed by atoms with Gasteiger partial charge in [0.1, 0.15) is 11.3 Å². The Kier molecular flexibility index (Phi) is 6.75. The Bertz CT molecular complexity index is 1210. The topological polar surface area (TPSA) is 68.9 Å². The highest BCUT2D eigenvalue weighted by Gasteiger charge is 2.57. The molecule has 5 rings (SSSR count). The van der Waals surface area contributed by atoms with Crippen molar-refractivity contribution in [2.75, 3.05) is 26.7 Å². The van der Waals surface area contributed by atoms with E-state index in [-0.39, 0.29) is 18.5 Å². The molecule has 1 N–H and O–H groups in total. The number of rotatable bonds is 8. The van der Waals surface area contributed by atoms with E-state index in [0.29, 0.717) is 25.3 Å². The van der Waals surface area contributed by atoms with E-state index >= 15 is 0 Å². The van der Waals surface area contributed by atoms with Crippen molar-refractivity contribution < 1.29 is 14.3 Å². The zero-order valence-electron chi connectivity index (χ0n) is 21.5. The zero-order valence-corrected chi connectivity index (χ0v) is 21.5. The smallest absolute Gasteiger partial charge is 0.327 e. The minimum Gasteiger partial charge on any atom is -0.497 e. The minimum absolute atomic E-state index is 0.0515. The fourth-order valence-corrected chi connectivity index (χ4v) is 5.60. The van der Waals surface area contributed by atoms with Crippen molar-refractivity contribution in [1.82, 2.24) is 19.7 Å². The molecule has 2 aromatic carbocycles. The number of hydrogen-bond donors (Lipinski definition) is 1. The van der Waals surface area contributed by atoms with Gasteiger partial charge in [0.15, 0.2) is 0 Å². The predicted octanol–water partition coefficient (Wildman–Crippen LogP) is 5.02. The molecular formula is C29H36N4O3. The zero-order chi connectivity index (χ0) is 25.3. The third-order valence-electron chi connectivity index (χ3n) is 7.69. The summed E-state index contributed by atoms with van der Waals surface area (Å²) in [4.78, 5) is 36.8. The molecule has 0 radical (unpaired) electrons. The van der Waals surface area contributed by atoms with Gasteiger partial charge in [-0.15, -0.1) is 0 Å². The molecule has 3 amide bonds. The van der Waals surface area contributed by atoms with Crippen molar-refractivity contribution in [2.24, 2.45) is 5.92 Å². The second-order valence-corrected chi connectivity index (χ2v) is 10.5. The highest BCUT2D eigenvalue weighted by Crippen LogP contribution is 2.39. The number of imide groups is 1. The lowest BCUT2D eigenvalue weighted by Gasteiger charge is -2.42. The van der Waals surface area contributed by atoms with Gasteiger partial charge < -0.3 is 14.6 Å². The van der Waals surface area contributed by atoms with Crippen LogP contribution < -0.4 is 4.74 Å². The first kappa shape index (κ1) is 24.4. The number of methoxy groups -OCH3 is 1. The molecular weight excluding hydrogens is 452 g/mol. The van der Waals surface area contributed by atoms with Crippen LogP contribution in [0.25, 0.3) is 10.9 Å². The molecule has 2 aliphatic rings. The summed E-state index contributed by atoms with van der Waals surface area (Å²) >= 11 is 0. The van der Waals surface area contributed by atoms with Crippen LogP contribution in [0.5, 0.6) is 5.75 Å². The molecule has 0 unspecified atom stereocenters. The van der Waals surface area contributed by atoms with Gasteiger partial charge in [-0.05, 0) is 60.4 Å². The summed E-state index contributed by atoms with van der Waals surface area (Å²) < 4.78 is 5.34. The van der Waals surface area contributed by atoms with Crippen LogP contribution in [-0.2, 0) is 17.9 Å². The SMILES string of the molecule is COc1cccc(CN2C(=O)N(CCC(C)C)C3(CCN(Cc4cc5ccccc5[nH]4)CC3)C2=O)c1. The van der Waals surface area contributed by atoms with Gasteiger partial charge in [-0.2, -0.15) is 0 Å². The monoisotopic (exact) mass is 488 g/mol. The van der Waals surface area contributed by atoms with E-state index in [2.05, 4.69) is 48.0 Å². The average molecular weight is 489 g/mol. The first-order valence-corrected chi connectivity index (χ1v) is 12.9. The van der Waals surface area contributed by atoms with E-state index in [1.165, 1.54) is 16.0 Å². The first-order chi connectivity index (χ1) is 17.4. The molecule has 0 saturated carbocycles. The standard InChI is InChI=1S/C29H36N4O3/c1-21(2)11-14-33-28(35)32(19-22-7-6-9-25(17-22)36-3)27(34)29(33)12-15-31(16-13-29)20-24-18-23-8-4-5-10-26(23)30-24/h4-10,17-18,21,30H,11-16,19-20H2,1-3H3. The molecule has 0 atom stereocenters. The number of amides is 3. The molecule has 2 fully saturated rings. The average Bonchev–Trinajstić information content (AvgIpc) is 3.37. The Hall–Kier alpha value is -3.32. The first-order valence-electron chi connectivity index (χ1n) is 12.9. The van der Waals surface area contributed by atoms with Gasteiger partial charge in [0.05, 0.1) is 13.7 Å². The summed E-state index contributed by atoms with van der Waals surface area (Å²) in [6.07, 6.45) is 2.20. The maximum absolute atomic E-state index is 13.9. The highest BCUT2D eigenvalue weighted by atomic mass is 16.5. The number of aromatic nitrogens is 1. The van der Waals surface area contributed by atoms with Crippen LogP contribution in [0, 0.1) is 5.92 Å². The predicted molar refractivity (Wildman–Crippen MR) is 141 cm³/mol. The second kappa shape index (κ2) is 9.97. The number of benzene rings is 2. The fourth-order valence-electron chi connectivity index (χ4n) is 5.60. The number of aromatic amines is 1. The number of fused-ring (bicyclic) bond motifs is 1. The number of carbonyl (C=O) groups is 2. The van der Waals surface area contributed by atoms with Gasteiger partial charge in [0.25, 0.3) is 5.91 Å². The molecule has 2 saturated heterocycles. The number of hydrogen-bond acceptors (Lipinski definition) is 4. The summed E-state index contributed by atoms with van der Waals surface area (Å²) in [6, 6.07) is 18.0. The second-order valence-electron chi connectivity index (χ2n) is 10.5. The lowest BCUT2D eigenvalue weighted by atomic mass is 9.85. The number of para-hydroxylation sites is 1. The van der Waals surface area contributed by atoms with E-state index in [0.717, 1.165) is 42.9 Å². The Morgan fingerprint density at radius 3 is 2.50 bits per heavy atom. The van der Waals surface area contributed by atoms with Crippen molar-refractivity contribution in [3.63, 3.8) is 0 Å². The minimum atomic E-state index is -0.748. The molecule has 7 nitrogen and oxygen atoms in total. The summed E-state index contributed by atoms with van der Waals surface area (Å²) in [5, 5.41) is 1.21. The molecule has 1 spiro atoms. The van der Waals surface area contributed by atoms with Crippen LogP contribution in [0.4, 0.5) is 4.79 Å². The van der Waals surface area contributed by atoms with Crippen molar-refractivity contribution in [1.29, 1.82) is 0 Å².